The normalized spacial score (nSPS) is 24.8. The summed E-state index contributed by atoms with van der Waals surface area (Å²) in [6.45, 7) is 3.35. The second kappa shape index (κ2) is 7.34. The van der Waals surface area contributed by atoms with E-state index in [-0.39, 0.29) is 12.1 Å². The van der Waals surface area contributed by atoms with Gasteiger partial charge in [0.1, 0.15) is 17.6 Å². The third-order valence-corrected chi connectivity index (χ3v) is 5.29. The number of likely N-dealkylation sites (tertiary alicyclic amines) is 1. The molecule has 0 amide bonds. The first-order valence-electron chi connectivity index (χ1n) is 8.39. The molecule has 0 aliphatic carbocycles. The lowest BCUT2D eigenvalue weighted by molar-refractivity contribution is 0.000766. The number of nitrogens with one attached hydrogen (secondary N) is 1. The maximum Gasteiger partial charge on any atom is 0.208 e. The van der Waals surface area contributed by atoms with Crippen LogP contribution in [-0.2, 0) is 21.3 Å². The highest BCUT2D eigenvalue weighted by molar-refractivity contribution is 7.88. The van der Waals surface area contributed by atoms with Crippen LogP contribution in [0.4, 0.5) is 0 Å². The molecule has 0 spiro atoms. The summed E-state index contributed by atoms with van der Waals surface area (Å²) in [5.74, 6) is 1.90. The van der Waals surface area contributed by atoms with E-state index in [1.807, 2.05) is 12.1 Å². The molecule has 0 radical (unpaired) electrons. The topological polar surface area (TPSA) is 71.8 Å². The summed E-state index contributed by atoms with van der Waals surface area (Å²) < 4.78 is 37.0. The van der Waals surface area contributed by atoms with Gasteiger partial charge in [-0.3, -0.25) is 4.90 Å². The number of rotatable bonds is 5. The molecule has 0 saturated carbocycles. The van der Waals surface area contributed by atoms with Crippen LogP contribution in [-0.4, -0.2) is 45.3 Å². The summed E-state index contributed by atoms with van der Waals surface area (Å²) in [5.41, 5.74) is 0. The van der Waals surface area contributed by atoms with Crippen LogP contribution < -0.4 is 4.72 Å². The molecular formula is C16H26N2O4S. The van der Waals surface area contributed by atoms with Gasteiger partial charge in [-0.2, -0.15) is 0 Å². The van der Waals surface area contributed by atoms with Crippen LogP contribution in [0.2, 0.25) is 0 Å². The van der Waals surface area contributed by atoms with E-state index in [1.165, 1.54) is 12.7 Å². The van der Waals surface area contributed by atoms with Crippen molar-refractivity contribution >= 4 is 10.0 Å². The van der Waals surface area contributed by atoms with Crippen LogP contribution in [0.5, 0.6) is 0 Å². The zero-order valence-corrected chi connectivity index (χ0v) is 14.5. The molecule has 2 saturated heterocycles. The fraction of sp³-hybridized carbons (Fsp3) is 0.750. The van der Waals surface area contributed by atoms with E-state index in [9.17, 15) is 8.42 Å². The molecule has 1 aromatic heterocycles. The van der Waals surface area contributed by atoms with E-state index in [0.29, 0.717) is 0 Å². The Labute approximate surface area is 138 Å². The van der Waals surface area contributed by atoms with Crippen LogP contribution in [0.1, 0.15) is 49.7 Å². The molecule has 2 fully saturated rings. The van der Waals surface area contributed by atoms with Crippen LogP contribution in [0, 0.1) is 0 Å². The van der Waals surface area contributed by atoms with E-state index < -0.39 is 10.0 Å². The van der Waals surface area contributed by atoms with E-state index in [2.05, 4.69) is 9.62 Å². The van der Waals surface area contributed by atoms with Gasteiger partial charge >= 0.3 is 0 Å². The Morgan fingerprint density at radius 3 is 2.65 bits per heavy atom. The SMILES string of the molecule is CS(=O)(=O)NC1CCN(Cc2ccc([C@@H]3CCCCO3)o2)CC1. The summed E-state index contributed by atoms with van der Waals surface area (Å²) >= 11 is 0. The molecule has 1 atom stereocenters. The van der Waals surface area contributed by atoms with Crippen molar-refractivity contribution < 1.29 is 17.6 Å². The Hall–Kier alpha value is -0.890. The molecule has 2 aliphatic heterocycles. The fourth-order valence-corrected chi connectivity index (χ4v) is 4.19. The van der Waals surface area contributed by atoms with Crippen LogP contribution in [0.15, 0.2) is 16.5 Å². The van der Waals surface area contributed by atoms with E-state index in [4.69, 9.17) is 9.15 Å². The fourth-order valence-electron chi connectivity index (χ4n) is 3.35. The van der Waals surface area contributed by atoms with Gasteiger partial charge in [0, 0.05) is 25.7 Å². The van der Waals surface area contributed by atoms with Crippen molar-refractivity contribution in [3.8, 4) is 0 Å². The molecule has 7 heteroatoms. The van der Waals surface area contributed by atoms with Gasteiger partial charge in [0.15, 0.2) is 0 Å². The van der Waals surface area contributed by atoms with Crippen molar-refractivity contribution in [3.63, 3.8) is 0 Å². The van der Waals surface area contributed by atoms with Gasteiger partial charge in [-0.05, 0) is 44.2 Å². The summed E-state index contributed by atoms with van der Waals surface area (Å²) in [5, 5.41) is 0. The molecule has 23 heavy (non-hydrogen) atoms. The average molecular weight is 342 g/mol. The molecule has 6 nitrogen and oxygen atoms in total. The summed E-state index contributed by atoms with van der Waals surface area (Å²) in [6, 6.07) is 4.13. The molecule has 1 N–H and O–H groups in total. The van der Waals surface area contributed by atoms with Crippen molar-refractivity contribution in [2.45, 2.75) is 50.8 Å². The van der Waals surface area contributed by atoms with Crippen molar-refractivity contribution in [1.82, 2.24) is 9.62 Å². The number of hydrogen-bond acceptors (Lipinski definition) is 5. The first kappa shape index (κ1) is 17.0. The minimum Gasteiger partial charge on any atom is -0.462 e. The minimum atomic E-state index is -3.11. The van der Waals surface area contributed by atoms with Gasteiger partial charge in [0.25, 0.3) is 0 Å². The summed E-state index contributed by atoms with van der Waals surface area (Å²) in [7, 11) is -3.11. The standard InChI is InChI=1S/C16H26N2O4S/c1-23(19,20)17-13-7-9-18(10-8-13)12-14-5-6-16(22-14)15-4-2-3-11-21-15/h5-6,13,15,17H,2-4,7-12H2,1H3/t15-/m0/s1. The number of sulfonamides is 1. The number of hydrogen-bond donors (Lipinski definition) is 1. The Balaban J connectivity index is 1.48. The lowest BCUT2D eigenvalue weighted by Gasteiger charge is -2.31. The van der Waals surface area contributed by atoms with Crippen LogP contribution in [0.25, 0.3) is 0 Å². The average Bonchev–Trinajstić information content (AvgIpc) is 2.97. The second-order valence-electron chi connectivity index (χ2n) is 6.60. The number of nitrogens with zero attached hydrogens (tertiary/aromatic N) is 1. The molecule has 0 aromatic carbocycles. The molecule has 0 bridgehead atoms. The predicted molar refractivity (Wildman–Crippen MR) is 87.5 cm³/mol. The summed E-state index contributed by atoms with van der Waals surface area (Å²) in [6.07, 6.45) is 6.38. The largest absolute Gasteiger partial charge is 0.462 e. The lowest BCUT2D eigenvalue weighted by atomic mass is 10.1. The van der Waals surface area contributed by atoms with Crippen LogP contribution >= 0.6 is 0 Å². The van der Waals surface area contributed by atoms with Crippen molar-refractivity contribution in [1.29, 1.82) is 0 Å². The van der Waals surface area contributed by atoms with Crippen molar-refractivity contribution in [3.05, 3.63) is 23.7 Å². The lowest BCUT2D eigenvalue weighted by Crippen LogP contribution is -2.43. The Bertz CT molecular complexity index is 599. The smallest absolute Gasteiger partial charge is 0.208 e. The predicted octanol–water partition coefficient (Wildman–Crippen LogP) is 2.03. The Kier molecular flexibility index (Phi) is 5.41. The third-order valence-electron chi connectivity index (χ3n) is 4.53. The first-order valence-corrected chi connectivity index (χ1v) is 10.3. The third kappa shape index (κ3) is 5.04. The zero-order valence-electron chi connectivity index (χ0n) is 13.7. The van der Waals surface area contributed by atoms with E-state index in [0.717, 1.165) is 63.4 Å². The maximum absolute atomic E-state index is 11.3. The number of piperidine rings is 1. The number of ether oxygens (including phenoxy) is 1. The van der Waals surface area contributed by atoms with E-state index in [1.54, 1.807) is 0 Å². The van der Waals surface area contributed by atoms with Crippen molar-refractivity contribution in [2.75, 3.05) is 26.0 Å². The van der Waals surface area contributed by atoms with Gasteiger partial charge in [-0.1, -0.05) is 0 Å². The van der Waals surface area contributed by atoms with Crippen molar-refractivity contribution in [2.24, 2.45) is 0 Å². The highest BCUT2D eigenvalue weighted by Crippen LogP contribution is 2.29. The molecule has 1 aromatic rings. The van der Waals surface area contributed by atoms with Crippen LogP contribution in [0.3, 0.4) is 0 Å². The quantitative estimate of drug-likeness (QED) is 0.886. The monoisotopic (exact) mass is 342 g/mol. The second-order valence-corrected chi connectivity index (χ2v) is 8.38. The summed E-state index contributed by atoms with van der Waals surface area (Å²) in [4.78, 5) is 2.31. The first-order chi connectivity index (χ1) is 11.0. The van der Waals surface area contributed by atoms with Gasteiger partial charge in [0.2, 0.25) is 10.0 Å². The van der Waals surface area contributed by atoms with E-state index >= 15 is 0 Å². The van der Waals surface area contributed by atoms with Gasteiger partial charge in [0.05, 0.1) is 12.8 Å². The molecule has 130 valence electrons. The molecular weight excluding hydrogens is 316 g/mol. The Morgan fingerprint density at radius 2 is 2.00 bits per heavy atom. The maximum atomic E-state index is 11.3. The van der Waals surface area contributed by atoms with Gasteiger partial charge < -0.3 is 9.15 Å². The Morgan fingerprint density at radius 1 is 1.22 bits per heavy atom. The van der Waals surface area contributed by atoms with Gasteiger partial charge in [-0.25, -0.2) is 13.1 Å². The highest BCUT2D eigenvalue weighted by atomic mass is 32.2. The minimum absolute atomic E-state index is 0.0593. The molecule has 3 heterocycles. The zero-order chi connectivity index (χ0) is 16.3. The molecule has 0 unspecified atom stereocenters. The highest BCUT2D eigenvalue weighted by Gasteiger charge is 2.23. The molecule has 2 aliphatic rings. The van der Waals surface area contributed by atoms with Gasteiger partial charge in [-0.15, -0.1) is 0 Å². The molecule has 3 rings (SSSR count). The number of furan rings is 1.